The van der Waals surface area contributed by atoms with Gasteiger partial charge < -0.3 is 15.0 Å². The Labute approximate surface area is 173 Å². The molecule has 1 saturated heterocycles. The van der Waals surface area contributed by atoms with Crippen LogP contribution in [0, 0.1) is 5.82 Å². The summed E-state index contributed by atoms with van der Waals surface area (Å²) in [6.45, 7) is 0.957. The van der Waals surface area contributed by atoms with Crippen molar-refractivity contribution >= 4 is 23.4 Å². The summed E-state index contributed by atoms with van der Waals surface area (Å²) in [5.74, 6) is -0.106. The lowest BCUT2D eigenvalue weighted by Gasteiger charge is -2.25. The highest BCUT2D eigenvalue weighted by atomic mass is 35.5. The highest BCUT2D eigenvalue weighted by Crippen LogP contribution is 2.25. The van der Waals surface area contributed by atoms with Gasteiger partial charge in [0.05, 0.1) is 16.6 Å². The molecule has 0 spiro atoms. The number of hydrogen-bond donors (Lipinski definition) is 1. The summed E-state index contributed by atoms with van der Waals surface area (Å²) in [5.41, 5.74) is 0.902. The van der Waals surface area contributed by atoms with Gasteiger partial charge in [-0.2, -0.15) is 0 Å². The van der Waals surface area contributed by atoms with E-state index in [0.29, 0.717) is 36.1 Å². The minimum absolute atomic E-state index is 0.0669. The number of nitrogens with zero attached hydrogens (tertiary/aromatic N) is 1. The van der Waals surface area contributed by atoms with Crippen molar-refractivity contribution in [2.24, 2.45) is 0 Å². The fraction of sp³-hybridized carbons (Fsp3) is 0.364. The van der Waals surface area contributed by atoms with E-state index in [1.54, 1.807) is 29.2 Å². The Hall–Kier alpha value is -2.60. The van der Waals surface area contributed by atoms with E-state index >= 15 is 0 Å². The van der Waals surface area contributed by atoms with Crippen LogP contribution in [0.25, 0.3) is 0 Å². The molecule has 5 nitrogen and oxygen atoms in total. The maximum atomic E-state index is 13.3. The molecule has 29 heavy (non-hydrogen) atoms. The Bertz CT molecular complexity index is 915. The molecule has 4 rings (SSSR count). The van der Waals surface area contributed by atoms with Crippen molar-refractivity contribution in [1.82, 2.24) is 10.2 Å². The molecule has 0 radical (unpaired) electrons. The van der Waals surface area contributed by atoms with E-state index in [9.17, 15) is 14.0 Å². The normalized spacial score (nSPS) is 18.6. The SMILES string of the molecule is O=C(NC1CC1)c1ccc(OCC2CCCN2C(=O)c2ccc(F)cc2Cl)cc1. The lowest BCUT2D eigenvalue weighted by atomic mass is 10.1. The predicted molar refractivity (Wildman–Crippen MR) is 108 cm³/mol. The summed E-state index contributed by atoms with van der Waals surface area (Å²) < 4.78 is 19.1. The van der Waals surface area contributed by atoms with E-state index in [-0.39, 0.29) is 22.9 Å². The van der Waals surface area contributed by atoms with Gasteiger partial charge in [-0.15, -0.1) is 0 Å². The van der Waals surface area contributed by atoms with Gasteiger partial charge in [0.1, 0.15) is 18.2 Å². The average Bonchev–Trinajstić information content (AvgIpc) is 3.39. The van der Waals surface area contributed by atoms with Crippen LogP contribution in [0.15, 0.2) is 42.5 Å². The van der Waals surface area contributed by atoms with Crippen molar-refractivity contribution < 1.29 is 18.7 Å². The van der Waals surface area contributed by atoms with E-state index in [1.165, 1.54) is 12.1 Å². The van der Waals surface area contributed by atoms with Gasteiger partial charge in [-0.1, -0.05) is 11.6 Å². The molecule has 1 atom stereocenters. The number of ether oxygens (including phenoxy) is 1. The lowest BCUT2D eigenvalue weighted by Crippen LogP contribution is -2.39. The average molecular weight is 417 g/mol. The van der Waals surface area contributed by atoms with Gasteiger partial charge in [0, 0.05) is 18.2 Å². The zero-order valence-corrected chi connectivity index (χ0v) is 16.6. The quantitative estimate of drug-likeness (QED) is 0.772. The first-order valence-electron chi connectivity index (χ1n) is 9.81. The molecule has 1 N–H and O–H groups in total. The molecule has 1 aliphatic heterocycles. The van der Waals surface area contributed by atoms with Crippen LogP contribution in [0.1, 0.15) is 46.4 Å². The molecule has 2 fully saturated rings. The van der Waals surface area contributed by atoms with Gasteiger partial charge in [-0.3, -0.25) is 9.59 Å². The molecule has 2 aromatic carbocycles. The van der Waals surface area contributed by atoms with Crippen LogP contribution in [0.4, 0.5) is 4.39 Å². The van der Waals surface area contributed by atoms with Crippen LogP contribution in [-0.2, 0) is 0 Å². The smallest absolute Gasteiger partial charge is 0.255 e. The Morgan fingerprint density at radius 3 is 2.59 bits per heavy atom. The van der Waals surface area contributed by atoms with Crippen LogP contribution >= 0.6 is 11.6 Å². The zero-order valence-electron chi connectivity index (χ0n) is 15.9. The fourth-order valence-electron chi connectivity index (χ4n) is 3.49. The second kappa shape index (κ2) is 8.41. The van der Waals surface area contributed by atoms with Crippen molar-refractivity contribution in [2.45, 2.75) is 37.8 Å². The Kier molecular flexibility index (Phi) is 5.72. The number of carbonyl (C=O) groups excluding carboxylic acids is 2. The highest BCUT2D eigenvalue weighted by Gasteiger charge is 2.31. The molecule has 2 aromatic rings. The predicted octanol–water partition coefficient (Wildman–Crippen LogP) is 4.05. The molecule has 0 bridgehead atoms. The molecule has 2 amide bonds. The zero-order chi connectivity index (χ0) is 20.4. The highest BCUT2D eigenvalue weighted by molar-refractivity contribution is 6.33. The monoisotopic (exact) mass is 416 g/mol. The summed E-state index contributed by atoms with van der Waals surface area (Å²) in [7, 11) is 0. The number of rotatable bonds is 6. The standard InChI is InChI=1S/C22H22ClFN2O3/c23-20-12-15(24)5-10-19(20)22(28)26-11-1-2-17(26)13-29-18-8-3-14(4-9-18)21(27)25-16-6-7-16/h3-5,8-10,12,16-17H,1-2,6-7,11,13H2,(H,25,27). The van der Waals surface area contributed by atoms with Crippen molar-refractivity contribution in [3.63, 3.8) is 0 Å². The van der Waals surface area contributed by atoms with Crippen LogP contribution in [0.2, 0.25) is 5.02 Å². The van der Waals surface area contributed by atoms with Crippen molar-refractivity contribution in [3.8, 4) is 5.75 Å². The third-order valence-corrected chi connectivity index (χ3v) is 5.58. The number of hydrogen-bond acceptors (Lipinski definition) is 3. The van der Waals surface area contributed by atoms with E-state index in [4.69, 9.17) is 16.3 Å². The summed E-state index contributed by atoms with van der Waals surface area (Å²) in [6.07, 6.45) is 3.80. The van der Waals surface area contributed by atoms with Gasteiger partial charge in [0.2, 0.25) is 0 Å². The maximum absolute atomic E-state index is 13.3. The molecule has 1 saturated carbocycles. The van der Waals surface area contributed by atoms with Crippen LogP contribution in [-0.4, -0.2) is 41.9 Å². The third-order valence-electron chi connectivity index (χ3n) is 5.27. The molecule has 1 aliphatic carbocycles. The number of halogens is 2. The van der Waals surface area contributed by atoms with Crippen LogP contribution < -0.4 is 10.1 Å². The summed E-state index contributed by atoms with van der Waals surface area (Å²) >= 11 is 6.05. The topological polar surface area (TPSA) is 58.6 Å². The Morgan fingerprint density at radius 2 is 1.90 bits per heavy atom. The van der Waals surface area contributed by atoms with Gasteiger partial charge in [-0.25, -0.2) is 4.39 Å². The molecular formula is C22H22ClFN2O3. The number of benzene rings is 2. The number of nitrogens with one attached hydrogen (secondary N) is 1. The van der Waals surface area contributed by atoms with Gasteiger partial charge in [0.25, 0.3) is 11.8 Å². The maximum Gasteiger partial charge on any atom is 0.255 e. The van der Waals surface area contributed by atoms with Crippen LogP contribution in [0.3, 0.4) is 0 Å². The molecule has 152 valence electrons. The van der Waals surface area contributed by atoms with Crippen molar-refractivity contribution in [3.05, 3.63) is 64.4 Å². The lowest BCUT2D eigenvalue weighted by molar-refractivity contribution is 0.0691. The minimum atomic E-state index is -0.470. The first-order chi connectivity index (χ1) is 14.0. The first-order valence-corrected chi connectivity index (χ1v) is 10.2. The Balaban J connectivity index is 1.36. The Morgan fingerprint density at radius 1 is 1.14 bits per heavy atom. The second-order valence-corrected chi connectivity index (χ2v) is 7.91. The van der Waals surface area contributed by atoms with E-state index in [1.807, 2.05) is 0 Å². The van der Waals surface area contributed by atoms with Crippen LogP contribution in [0.5, 0.6) is 5.75 Å². The van der Waals surface area contributed by atoms with E-state index in [0.717, 1.165) is 31.7 Å². The summed E-state index contributed by atoms with van der Waals surface area (Å²) in [4.78, 5) is 26.6. The van der Waals surface area contributed by atoms with E-state index < -0.39 is 5.82 Å². The fourth-order valence-corrected chi connectivity index (χ4v) is 3.73. The minimum Gasteiger partial charge on any atom is -0.491 e. The van der Waals surface area contributed by atoms with Gasteiger partial charge in [-0.05, 0) is 68.1 Å². The number of carbonyl (C=O) groups is 2. The summed E-state index contributed by atoms with van der Waals surface area (Å²) in [6, 6.07) is 11.0. The summed E-state index contributed by atoms with van der Waals surface area (Å²) in [5, 5.41) is 3.06. The molecule has 7 heteroatoms. The van der Waals surface area contributed by atoms with E-state index in [2.05, 4.69) is 5.32 Å². The van der Waals surface area contributed by atoms with Crippen molar-refractivity contribution in [2.75, 3.05) is 13.2 Å². The number of likely N-dealkylation sites (tertiary alicyclic amines) is 1. The first kappa shape index (κ1) is 19.7. The second-order valence-electron chi connectivity index (χ2n) is 7.50. The number of amides is 2. The van der Waals surface area contributed by atoms with Gasteiger partial charge >= 0.3 is 0 Å². The molecular weight excluding hydrogens is 395 g/mol. The van der Waals surface area contributed by atoms with Gasteiger partial charge in [0.15, 0.2) is 0 Å². The van der Waals surface area contributed by atoms with Crippen molar-refractivity contribution in [1.29, 1.82) is 0 Å². The largest absolute Gasteiger partial charge is 0.491 e. The molecule has 1 heterocycles. The third kappa shape index (κ3) is 4.70. The molecule has 0 aromatic heterocycles. The molecule has 2 aliphatic rings. The molecule has 1 unspecified atom stereocenters.